The first-order chi connectivity index (χ1) is 31.4. The van der Waals surface area contributed by atoms with Gasteiger partial charge < -0.3 is 40.2 Å². The number of aromatic amines is 2. The van der Waals surface area contributed by atoms with E-state index < -0.39 is 24.3 Å². The number of methoxy groups -OCH3 is 4. The summed E-state index contributed by atoms with van der Waals surface area (Å²) in [6, 6.07) is 17.1. The minimum Gasteiger partial charge on any atom is -0.358 e. The van der Waals surface area contributed by atoms with Crippen LogP contribution >= 0.6 is 36.7 Å². The smallest absolute Gasteiger partial charge is 0.300 e. The zero-order valence-electron chi connectivity index (χ0n) is 38.4. The molecule has 0 radical (unpaired) electrons. The SMILES string of the molecule is COC(CNC(=S)NCC(=O)C(=O)Nc1cccc(C)c1C)OC.COC(Cn1c(C(=O)Nc2cccc(C)c2C)n[nH]c1=S)OC.Cc1cccc(-n2ccn3c(=S)[nH]nc3c2=O)c1C. The average molecular weight is 962 g/mol. The van der Waals surface area contributed by atoms with Gasteiger partial charge in [-0.25, -0.2) is 0 Å². The first kappa shape index (κ1) is 52.4. The number of ketones is 1. The molecule has 6 rings (SSSR count). The third-order valence-corrected chi connectivity index (χ3v) is 11.3. The molecule has 352 valence electrons. The Bertz CT molecular complexity index is 2840. The molecule has 66 heavy (non-hydrogen) atoms. The molecule has 0 bridgehead atoms. The van der Waals surface area contributed by atoms with E-state index in [0.717, 1.165) is 44.8 Å². The summed E-state index contributed by atoms with van der Waals surface area (Å²) in [5.41, 5.74) is 8.62. The molecule has 6 N–H and O–H groups in total. The first-order valence-corrected chi connectivity index (χ1v) is 21.5. The van der Waals surface area contributed by atoms with Gasteiger partial charge in [0.15, 0.2) is 27.2 Å². The number of aryl methyl sites for hydroxylation is 3. The van der Waals surface area contributed by atoms with Gasteiger partial charge in [-0.1, -0.05) is 36.4 Å². The van der Waals surface area contributed by atoms with Crippen LogP contribution in [-0.4, -0.2) is 111 Å². The van der Waals surface area contributed by atoms with Crippen LogP contribution in [-0.2, 0) is 35.1 Å². The Morgan fingerprint density at radius 1 is 0.697 bits per heavy atom. The Morgan fingerprint density at radius 3 is 1.83 bits per heavy atom. The van der Waals surface area contributed by atoms with E-state index in [-0.39, 0.29) is 35.5 Å². The molecule has 0 aliphatic heterocycles. The van der Waals surface area contributed by atoms with Gasteiger partial charge in [-0.3, -0.25) is 42.9 Å². The molecule has 0 saturated heterocycles. The van der Waals surface area contributed by atoms with Gasteiger partial charge in [0.05, 0.1) is 25.3 Å². The summed E-state index contributed by atoms with van der Waals surface area (Å²) in [6.07, 6.45) is 2.48. The van der Waals surface area contributed by atoms with E-state index in [9.17, 15) is 19.2 Å². The lowest BCUT2D eigenvalue weighted by atomic mass is 10.1. The number of carbonyl (C=O) groups excluding carboxylic acids is 3. The van der Waals surface area contributed by atoms with Crippen LogP contribution in [0, 0.1) is 51.1 Å². The van der Waals surface area contributed by atoms with Crippen LogP contribution in [0.15, 0.2) is 71.8 Å². The highest BCUT2D eigenvalue weighted by Crippen LogP contribution is 2.20. The number of H-pyrrole nitrogens is 2. The number of aromatic nitrogens is 7. The van der Waals surface area contributed by atoms with Gasteiger partial charge in [-0.15, -0.1) is 10.2 Å². The minimum atomic E-state index is -0.689. The topological polar surface area (TPSA) is 225 Å². The standard InChI is InChI=1S/C16H23N3O4S.C15H20N4O3S.C13H12N4OS/c1-10-6-5-7-12(11(10)2)19-15(21)13(20)8-17-16(24)18-9-14(22-3)23-4;1-9-6-5-7-11(10(9)2)16-14(20)13-17-18-15(23)19(13)8-12(21-3)22-4;1-8-4-3-5-10(9(8)2)16-6-7-17-11(12(16)18)14-15-13(17)19/h5-7,14H,8-9H2,1-4H3,(H,19,21)(H2,17,18,24);5-7,12H,8H2,1-4H3,(H,16,20)(H,18,23);3-7H,1-2H3,(H,15,19). The number of nitrogens with one attached hydrogen (secondary N) is 6. The second kappa shape index (κ2) is 24.9. The third kappa shape index (κ3) is 13.6. The van der Waals surface area contributed by atoms with Crippen LogP contribution in [0.3, 0.4) is 0 Å². The summed E-state index contributed by atoms with van der Waals surface area (Å²) < 4.78 is 25.8. The molecule has 19 nitrogen and oxygen atoms in total. The van der Waals surface area contributed by atoms with Crippen molar-refractivity contribution in [2.24, 2.45) is 0 Å². The van der Waals surface area contributed by atoms with Crippen molar-refractivity contribution in [3.63, 3.8) is 0 Å². The van der Waals surface area contributed by atoms with Crippen LogP contribution in [0.4, 0.5) is 11.4 Å². The number of rotatable bonds is 15. The van der Waals surface area contributed by atoms with Crippen molar-refractivity contribution in [2.45, 2.75) is 60.7 Å². The highest BCUT2D eigenvalue weighted by molar-refractivity contribution is 7.80. The lowest BCUT2D eigenvalue weighted by Crippen LogP contribution is -2.44. The van der Waals surface area contributed by atoms with Crippen LogP contribution in [0.25, 0.3) is 11.3 Å². The maximum atomic E-state index is 12.5. The second-order valence-electron chi connectivity index (χ2n) is 14.6. The zero-order valence-corrected chi connectivity index (χ0v) is 40.8. The fraction of sp³-hybridized carbons (Fsp3) is 0.341. The summed E-state index contributed by atoms with van der Waals surface area (Å²) in [5, 5.41) is 24.4. The Kier molecular flexibility index (Phi) is 19.7. The van der Waals surface area contributed by atoms with Crippen molar-refractivity contribution in [1.82, 2.24) is 44.6 Å². The maximum absolute atomic E-state index is 12.5. The van der Waals surface area contributed by atoms with E-state index in [4.69, 9.17) is 55.6 Å². The Hall–Kier alpha value is -6.27. The average Bonchev–Trinajstić information content (AvgIpc) is 3.88. The van der Waals surface area contributed by atoms with Gasteiger partial charge in [-0.05, 0) is 130 Å². The lowest BCUT2D eigenvalue weighted by Gasteiger charge is -2.16. The van der Waals surface area contributed by atoms with Crippen molar-refractivity contribution >= 4 is 76.4 Å². The fourth-order valence-corrected chi connectivity index (χ4v) is 6.58. The molecule has 0 aliphatic rings. The number of carbonyl (C=O) groups is 3. The molecule has 0 atom stereocenters. The number of Topliss-reactive ketones (excluding diaryl/α,β-unsaturated/α-hetero) is 1. The van der Waals surface area contributed by atoms with Crippen molar-refractivity contribution in [1.29, 1.82) is 0 Å². The summed E-state index contributed by atoms with van der Waals surface area (Å²) in [5.74, 6) is -1.48. The molecule has 3 aromatic carbocycles. The number of anilines is 2. The van der Waals surface area contributed by atoms with E-state index in [1.165, 1.54) is 28.4 Å². The maximum Gasteiger partial charge on any atom is 0.300 e. The van der Waals surface area contributed by atoms with Crippen molar-refractivity contribution in [3.05, 3.63) is 126 Å². The van der Waals surface area contributed by atoms with Gasteiger partial charge in [0, 0.05) is 52.2 Å². The zero-order chi connectivity index (χ0) is 48.7. The number of hydrogen-bond acceptors (Lipinski definition) is 13. The molecule has 0 unspecified atom stereocenters. The van der Waals surface area contributed by atoms with Crippen molar-refractivity contribution < 1.29 is 33.3 Å². The third-order valence-electron chi connectivity index (χ3n) is 10.5. The Labute approximate surface area is 397 Å². The summed E-state index contributed by atoms with van der Waals surface area (Å²) in [4.78, 5) is 48.8. The highest BCUT2D eigenvalue weighted by Gasteiger charge is 2.20. The van der Waals surface area contributed by atoms with E-state index >= 15 is 0 Å². The molecular weight excluding hydrogens is 907 g/mol. The summed E-state index contributed by atoms with van der Waals surface area (Å²) in [6.45, 7) is 12.2. The van der Waals surface area contributed by atoms with Crippen molar-refractivity contribution in [2.75, 3.05) is 52.2 Å². The van der Waals surface area contributed by atoms with Gasteiger partial charge in [-0.2, -0.15) is 0 Å². The molecule has 3 aromatic heterocycles. The normalized spacial score (nSPS) is 10.8. The van der Waals surface area contributed by atoms with Gasteiger partial charge in [0.1, 0.15) is 0 Å². The molecule has 2 amide bonds. The number of ether oxygens (including phenoxy) is 4. The van der Waals surface area contributed by atoms with E-state index in [1.807, 2.05) is 90.1 Å². The van der Waals surface area contributed by atoms with Gasteiger partial charge in [0.25, 0.3) is 11.8 Å². The second-order valence-corrected chi connectivity index (χ2v) is 15.8. The van der Waals surface area contributed by atoms with Gasteiger partial charge in [0.2, 0.25) is 17.3 Å². The predicted octanol–water partition coefficient (Wildman–Crippen LogP) is 5.48. The Balaban J connectivity index is 0.000000218. The fourth-order valence-electron chi connectivity index (χ4n) is 6.03. The number of hydrogen-bond donors (Lipinski definition) is 6. The summed E-state index contributed by atoms with van der Waals surface area (Å²) >= 11 is 15.2. The van der Waals surface area contributed by atoms with Gasteiger partial charge >= 0.3 is 5.56 Å². The molecule has 3 heterocycles. The highest BCUT2D eigenvalue weighted by atomic mass is 32.1. The van der Waals surface area contributed by atoms with E-state index in [1.54, 1.807) is 32.0 Å². The molecule has 0 aliphatic carbocycles. The molecule has 6 aromatic rings. The molecule has 0 fully saturated rings. The van der Waals surface area contributed by atoms with E-state index in [2.05, 4.69) is 41.7 Å². The molecule has 0 saturated carbocycles. The quantitative estimate of drug-likeness (QED) is 0.0426. The van der Waals surface area contributed by atoms with Crippen LogP contribution in [0.1, 0.15) is 44.0 Å². The predicted molar refractivity (Wildman–Crippen MR) is 260 cm³/mol. The lowest BCUT2D eigenvalue weighted by molar-refractivity contribution is -0.134. The molecular formula is C44H55N11O8S3. The molecule has 22 heteroatoms. The summed E-state index contributed by atoms with van der Waals surface area (Å²) in [7, 11) is 6.06. The van der Waals surface area contributed by atoms with Crippen LogP contribution in [0.5, 0.6) is 0 Å². The Morgan fingerprint density at radius 2 is 1.24 bits per heavy atom. The van der Waals surface area contributed by atoms with Crippen molar-refractivity contribution in [3.8, 4) is 5.69 Å². The van der Waals surface area contributed by atoms with E-state index in [0.29, 0.717) is 27.4 Å². The number of benzene rings is 3. The minimum absolute atomic E-state index is 0.176. The van der Waals surface area contributed by atoms with Crippen LogP contribution in [0.2, 0.25) is 0 Å². The van der Waals surface area contributed by atoms with Crippen LogP contribution < -0.4 is 26.8 Å². The first-order valence-electron chi connectivity index (χ1n) is 20.3. The number of thiocarbonyl (C=S) groups is 1. The number of amides is 2. The molecule has 0 spiro atoms. The largest absolute Gasteiger partial charge is 0.358 e. The monoisotopic (exact) mass is 961 g/mol. The number of fused-ring (bicyclic) bond motifs is 1. The number of nitrogens with zero attached hydrogens (tertiary/aromatic N) is 5.